The summed E-state index contributed by atoms with van der Waals surface area (Å²) in [7, 11) is 2.70. The quantitative estimate of drug-likeness (QED) is 0.799. The molecule has 0 bridgehead atoms. The number of methoxy groups -OCH3 is 2. The van der Waals surface area contributed by atoms with Gasteiger partial charge in [0, 0.05) is 18.4 Å². The Labute approximate surface area is 135 Å². The molecule has 1 heterocycles. The van der Waals surface area contributed by atoms with Crippen LogP contribution in [0, 0.1) is 0 Å². The number of hydrogen-bond donors (Lipinski definition) is 0. The molecule has 0 atom stereocenters. The fourth-order valence-corrected chi connectivity index (χ4v) is 2.84. The summed E-state index contributed by atoms with van der Waals surface area (Å²) in [6.45, 7) is 0. The van der Waals surface area contributed by atoms with E-state index in [2.05, 4.69) is 0 Å². The Hall–Kier alpha value is -2.56. The van der Waals surface area contributed by atoms with E-state index in [4.69, 9.17) is 9.47 Å². The molecule has 5 heteroatoms. The van der Waals surface area contributed by atoms with E-state index in [-0.39, 0.29) is 0 Å². The van der Waals surface area contributed by atoms with Crippen molar-refractivity contribution in [1.82, 2.24) is 4.90 Å². The topological polar surface area (TPSA) is 55.8 Å². The molecule has 1 aliphatic heterocycles. The van der Waals surface area contributed by atoms with Crippen molar-refractivity contribution >= 4 is 11.9 Å². The summed E-state index contributed by atoms with van der Waals surface area (Å²) in [6, 6.07) is 9.78. The summed E-state index contributed by atoms with van der Waals surface area (Å²) in [5, 5.41) is 0. The summed E-state index contributed by atoms with van der Waals surface area (Å²) in [5.41, 5.74) is 1.76. The van der Waals surface area contributed by atoms with Crippen LogP contribution in [0.25, 0.3) is 0 Å². The second kappa shape index (κ2) is 6.28. The highest BCUT2D eigenvalue weighted by Gasteiger charge is 2.38. The number of ether oxygens (including phenoxy) is 2. The van der Waals surface area contributed by atoms with Crippen molar-refractivity contribution in [2.45, 2.75) is 24.8 Å². The van der Waals surface area contributed by atoms with Crippen molar-refractivity contribution in [3.05, 3.63) is 59.4 Å². The lowest BCUT2D eigenvalue weighted by atomic mass is 9.83. The van der Waals surface area contributed by atoms with E-state index in [9.17, 15) is 9.59 Å². The predicted octanol–water partition coefficient (Wildman–Crippen LogP) is 2.36. The van der Waals surface area contributed by atoms with Crippen molar-refractivity contribution < 1.29 is 19.1 Å². The number of carbonyl (C=O) groups excluding carboxylic acids is 2. The first-order chi connectivity index (χ1) is 11.2. The zero-order valence-electron chi connectivity index (χ0n) is 13.2. The van der Waals surface area contributed by atoms with Crippen LogP contribution in [0.15, 0.2) is 53.9 Å². The zero-order valence-corrected chi connectivity index (χ0v) is 13.2. The van der Waals surface area contributed by atoms with Crippen LogP contribution in [-0.4, -0.2) is 37.1 Å². The van der Waals surface area contributed by atoms with Gasteiger partial charge >= 0.3 is 11.9 Å². The van der Waals surface area contributed by atoms with Gasteiger partial charge < -0.3 is 14.4 Å². The highest BCUT2D eigenvalue weighted by Crippen LogP contribution is 2.40. The van der Waals surface area contributed by atoms with Gasteiger partial charge in [-0.15, -0.1) is 0 Å². The number of benzene rings is 1. The second-order valence-corrected chi connectivity index (χ2v) is 5.67. The lowest BCUT2D eigenvalue weighted by Crippen LogP contribution is -2.29. The molecule has 0 N–H and O–H groups in total. The Morgan fingerprint density at radius 2 is 1.48 bits per heavy atom. The molecule has 0 spiro atoms. The van der Waals surface area contributed by atoms with E-state index in [1.165, 1.54) is 14.2 Å². The van der Waals surface area contributed by atoms with Crippen LogP contribution in [0.3, 0.4) is 0 Å². The number of nitrogens with zero attached hydrogens (tertiary/aromatic N) is 1. The minimum absolute atomic E-state index is 0.339. The molecule has 3 rings (SSSR count). The molecule has 1 aromatic rings. The summed E-state index contributed by atoms with van der Waals surface area (Å²) in [4.78, 5) is 26.5. The van der Waals surface area contributed by atoms with Gasteiger partial charge in [-0.3, -0.25) is 0 Å². The molecule has 1 aromatic carbocycles. The fraction of sp³-hybridized carbons (Fsp3) is 0.333. The first-order valence-electron chi connectivity index (χ1n) is 7.58. The minimum Gasteiger partial charge on any atom is -0.466 e. The molecule has 1 fully saturated rings. The van der Waals surface area contributed by atoms with Gasteiger partial charge in [-0.25, -0.2) is 9.59 Å². The van der Waals surface area contributed by atoms with Crippen LogP contribution in [0.1, 0.15) is 24.3 Å². The smallest absolute Gasteiger partial charge is 0.336 e. The number of rotatable bonds is 4. The third-order valence-corrected chi connectivity index (χ3v) is 4.14. The zero-order chi connectivity index (χ0) is 16.4. The van der Waals surface area contributed by atoms with Crippen LogP contribution in [0.5, 0.6) is 0 Å². The van der Waals surface area contributed by atoms with Crippen molar-refractivity contribution in [2.24, 2.45) is 0 Å². The Kier molecular flexibility index (Phi) is 4.19. The molecule has 0 saturated heterocycles. The normalized spacial score (nSPS) is 18.1. The first kappa shape index (κ1) is 15.3. The average Bonchev–Trinajstić information content (AvgIpc) is 3.45. The second-order valence-electron chi connectivity index (χ2n) is 5.67. The number of hydrogen-bond acceptors (Lipinski definition) is 5. The van der Waals surface area contributed by atoms with Gasteiger partial charge in [-0.2, -0.15) is 0 Å². The largest absolute Gasteiger partial charge is 0.466 e. The number of esters is 2. The van der Waals surface area contributed by atoms with Crippen LogP contribution in [0.2, 0.25) is 0 Å². The van der Waals surface area contributed by atoms with Gasteiger partial charge in [0.2, 0.25) is 0 Å². The maximum Gasteiger partial charge on any atom is 0.336 e. The van der Waals surface area contributed by atoms with Crippen LogP contribution in [-0.2, 0) is 19.1 Å². The Morgan fingerprint density at radius 3 is 1.91 bits per heavy atom. The number of carbonyl (C=O) groups is 2. The van der Waals surface area contributed by atoms with Crippen molar-refractivity contribution in [3.8, 4) is 0 Å². The highest BCUT2D eigenvalue weighted by molar-refractivity contribution is 5.98. The van der Waals surface area contributed by atoms with Crippen LogP contribution >= 0.6 is 0 Å². The lowest BCUT2D eigenvalue weighted by Gasteiger charge is -2.30. The molecular formula is C18H19NO4. The lowest BCUT2D eigenvalue weighted by molar-refractivity contribution is -0.137. The van der Waals surface area contributed by atoms with Gasteiger partial charge in [0.05, 0.1) is 31.3 Å². The van der Waals surface area contributed by atoms with Crippen LogP contribution in [0.4, 0.5) is 0 Å². The average molecular weight is 313 g/mol. The molecule has 0 unspecified atom stereocenters. The van der Waals surface area contributed by atoms with Gasteiger partial charge in [0.25, 0.3) is 0 Å². The summed E-state index contributed by atoms with van der Waals surface area (Å²) in [5.74, 6) is -1.34. The Morgan fingerprint density at radius 1 is 0.957 bits per heavy atom. The van der Waals surface area contributed by atoms with Crippen molar-refractivity contribution in [3.63, 3.8) is 0 Å². The Balaban J connectivity index is 2.09. The van der Waals surface area contributed by atoms with E-state index >= 15 is 0 Å². The molecule has 1 aliphatic carbocycles. The molecule has 23 heavy (non-hydrogen) atoms. The SMILES string of the molecule is COC(=O)C1=CN(C2CC2)C=C(C(=O)OC)C1c1ccccc1. The van der Waals surface area contributed by atoms with Crippen LogP contribution < -0.4 is 0 Å². The molecular weight excluding hydrogens is 294 g/mol. The molecule has 5 nitrogen and oxygen atoms in total. The minimum atomic E-state index is -0.480. The fourth-order valence-electron chi connectivity index (χ4n) is 2.84. The first-order valence-corrected chi connectivity index (χ1v) is 7.58. The van der Waals surface area contributed by atoms with E-state index in [0.717, 1.165) is 18.4 Å². The molecule has 0 aromatic heterocycles. The van der Waals surface area contributed by atoms with E-state index in [1.54, 1.807) is 12.4 Å². The van der Waals surface area contributed by atoms with E-state index in [1.807, 2.05) is 35.2 Å². The molecule has 0 radical (unpaired) electrons. The maximum absolute atomic E-state index is 12.3. The molecule has 120 valence electrons. The maximum atomic E-state index is 12.3. The van der Waals surface area contributed by atoms with Crippen molar-refractivity contribution in [2.75, 3.05) is 14.2 Å². The summed E-state index contributed by atoms with van der Waals surface area (Å²) >= 11 is 0. The predicted molar refractivity (Wildman–Crippen MR) is 84.2 cm³/mol. The molecule has 2 aliphatic rings. The highest BCUT2D eigenvalue weighted by atomic mass is 16.5. The van der Waals surface area contributed by atoms with Gasteiger partial charge in [-0.05, 0) is 18.4 Å². The third-order valence-electron chi connectivity index (χ3n) is 4.14. The summed E-state index contributed by atoms with van der Waals surface area (Å²) < 4.78 is 9.88. The molecule has 0 amide bonds. The van der Waals surface area contributed by atoms with E-state index < -0.39 is 17.9 Å². The molecule has 1 saturated carbocycles. The third kappa shape index (κ3) is 2.99. The van der Waals surface area contributed by atoms with E-state index in [0.29, 0.717) is 17.2 Å². The standard InChI is InChI=1S/C18H19NO4/c1-22-17(20)14-10-19(13-8-9-13)11-15(18(21)23-2)16(14)12-6-4-3-5-7-12/h3-7,10-11,13,16H,8-9H2,1-2H3. The summed E-state index contributed by atoms with van der Waals surface area (Å²) in [6.07, 6.45) is 5.69. The monoisotopic (exact) mass is 313 g/mol. The van der Waals surface area contributed by atoms with Crippen molar-refractivity contribution in [1.29, 1.82) is 0 Å². The van der Waals surface area contributed by atoms with Gasteiger partial charge in [-0.1, -0.05) is 30.3 Å². The van der Waals surface area contributed by atoms with Gasteiger partial charge in [0.15, 0.2) is 0 Å². The Bertz CT molecular complexity index is 640. The van der Waals surface area contributed by atoms with Gasteiger partial charge in [0.1, 0.15) is 0 Å².